The van der Waals surface area contributed by atoms with Crippen LogP contribution in [0.15, 0.2) is 18.3 Å². The minimum atomic E-state index is -1.20. The van der Waals surface area contributed by atoms with Crippen molar-refractivity contribution in [3.63, 3.8) is 0 Å². The molecule has 1 amide bonds. The molecule has 0 aromatic carbocycles. The van der Waals surface area contributed by atoms with Gasteiger partial charge in [-0.2, -0.15) is 0 Å². The average molecular weight is 252 g/mol. The summed E-state index contributed by atoms with van der Waals surface area (Å²) in [7, 11) is 0. The number of carbonyl (C=O) groups is 2. The molecule has 0 saturated heterocycles. The van der Waals surface area contributed by atoms with Gasteiger partial charge in [-0.3, -0.25) is 4.79 Å². The highest BCUT2D eigenvalue weighted by molar-refractivity contribution is 5.96. The van der Waals surface area contributed by atoms with Crippen LogP contribution >= 0.6 is 0 Å². The van der Waals surface area contributed by atoms with Crippen LogP contribution in [-0.4, -0.2) is 27.5 Å². The fraction of sp³-hybridized carbons (Fsp3) is 0.417. The number of rotatable bonds is 3. The van der Waals surface area contributed by atoms with E-state index in [0.717, 1.165) is 25.1 Å². The number of aromatic nitrogens is 1. The van der Waals surface area contributed by atoms with Crippen molar-refractivity contribution in [3.8, 4) is 0 Å². The second-order valence-corrected chi connectivity index (χ2v) is 4.41. The molecule has 1 aliphatic carbocycles. The Morgan fingerprint density at radius 3 is 2.50 bits per heavy atom. The molecule has 0 atom stereocenters. The van der Waals surface area contributed by atoms with Crippen molar-refractivity contribution in [1.82, 2.24) is 10.3 Å². The SMILES string of the molecule is O=C(NC1(C(=O)O)CCCC1)c1ccc(F)cn1. The number of halogens is 1. The number of carboxylic acid groups (broad SMARTS) is 1. The molecular weight excluding hydrogens is 239 g/mol. The molecule has 1 fully saturated rings. The molecule has 1 heterocycles. The molecule has 5 nitrogen and oxygen atoms in total. The zero-order valence-electron chi connectivity index (χ0n) is 9.65. The highest BCUT2D eigenvalue weighted by atomic mass is 19.1. The first-order chi connectivity index (χ1) is 8.53. The van der Waals surface area contributed by atoms with E-state index < -0.39 is 23.2 Å². The quantitative estimate of drug-likeness (QED) is 0.851. The Labute approximate surface area is 103 Å². The molecule has 0 unspecified atom stereocenters. The molecular formula is C12H13FN2O3. The summed E-state index contributed by atoms with van der Waals surface area (Å²) in [5.41, 5.74) is -1.18. The van der Waals surface area contributed by atoms with Crippen LogP contribution in [0.5, 0.6) is 0 Å². The van der Waals surface area contributed by atoms with Crippen molar-refractivity contribution < 1.29 is 19.1 Å². The van der Waals surface area contributed by atoms with Crippen LogP contribution in [0, 0.1) is 5.82 Å². The maximum atomic E-state index is 12.7. The lowest BCUT2D eigenvalue weighted by atomic mass is 9.97. The molecule has 2 rings (SSSR count). The van der Waals surface area contributed by atoms with Crippen molar-refractivity contribution in [3.05, 3.63) is 29.8 Å². The first-order valence-corrected chi connectivity index (χ1v) is 5.71. The van der Waals surface area contributed by atoms with Crippen molar-refractivity contribution in [2.24, 2.45) is 0 Å². The Kier molecular flexibility index (Phi) is 3.27. The Morgan fingerprint density at radius 1 is 1.33 bits per heavy atom. The Balaban J connectivity index is 2.15. The third-order valence-electron chi connectivity index (χ3n) is 3.18. The molecule has 1 aromatic heterocycles. The van der Waals surface area contributed by atoms with Crippen LogP contribution in [0.3, 0.4) is 0 Å². The lowest BCUT2D eigenvalue weighted by Gasteiger charge is -2.24. The van der Waals surface area contributed by atoms with Crippen molar-refractivity contribution in [1.29, 1.82) is 0 Å². The fourth-order valence-corrected chi connectivity index (χ4v) is 2.16. The van der Waals surface area contributed by atoms with Crippen LogP contribution in [0.25, 0.3) is 0 Å². The molecule has 18 heavy (non-hydrogen) atoms. The van der Waals surface area contributed by atoms with Crippen LogP contribution in [0.1, 0.15) is 36.2 Å². The lowest BCUT2D eigenvalue weighted by molar-refractivity contribution is -0.144. The summed E-state index contributed by atoms with van der Waals surface area (Å²) in [5.74, 6) is -2.16. The zero-order valence-corrected chi connectivity index (χ0v) is 9.65. The van der Waals surface area contributed by atoms with Crippen LogP contribution in [0.2, 0.25) is 0 Å². The summed E-state index contributed by atoms with van der Waals surface area (Å²) in [6.07, 6.45) is 3.29. The summed E-state index contributed by atoms with van der Waals surface area (Å²) in [6, 6.07) is 2.35. The number of amides is 1. The minimum absolute atomic E-state index is 0.0175. The largest absolute Gasteiger partial charge is 0.480 e. The van der Waals surface area contributed by atoms with Gasteiger partial charge in [0.2, 0.25) is 0 Å². The third-order valence-corrected chi connectivity index (χ3v) is 3.18. The highest BCUT2D eigenvalue weighted by Gasteiger charge is 2.42. The molecule has 0 radical (unpaired) electrons. The number of carbonyl (C=O) groups excluding carboxylic acids is 1. The van der Waals surface area contributed by atoms with Crippen LogP contribution < -0.4 is 5.32 Å². The van der Waals surface area contributed by atoms with Crippen molar-refractivity contribution in [2.45, 2.75) is 31.2 Å². The molecule has 0 bridgehead atoms. The van der Waals surface area contributed by atoms with Gasteiger partial charge in [-0.05, 0) is 25.0 Å². The maximum Gasteiger partial charge on any atom is 0.329 e. The van der Waals surface area contributed by atoms with Gasteiger partial charge in [-0.15, -0.1) is 0 Å². The van der Waals surface area contributed by atoms with Crippen molar-refractivity contribution >= 4 is 11.9 Å². The van der Waals surface area contributed by atoms with Crippen LogP contribution in [0.4, 0.5) is 4.39 Å². The van der Waals surface area contributed by atoms with E-state index >= 15 is 0 Å². The highest BCUT2D eigenvalue weighted by Crippen LogP contribution is 2.30. The van der Waals surface area contributed by atoms with E-state index in [9.17, 15) is 19.1 Å². The number of aliphatic carboxylic acids is 1. The molecule has 1 aromatic rings. The van der Waals surface area contributed by atoms with E-state index in [0.29, 0.717) is 12.8 Å². The maximum absolute atomic E-state index is 12.7. The monoisotopic (exact) mass is 252 g/mol. The normalized spacial score (nSPS) is 17.4. The average Bonchev–Trinajstić information content (AvgIpc) is 2.79. The third kappa shape index (κ3) is 2.32. The standard InChI is InChI=1S/C12H13FN2O3/c13-8-3-4-9(14-7-8)10(16)15-12(11(17)18)5-1-2-6-12/h3-4,7H,1-2,5-6H2,(H,15,16)(H,17,18). The molecule has 1 saturated carbocycles. The topological polar surface area (TPSA) is 79.3 Å². The predicted molar refractivity (Wildman–Crippen MR) is 60.5 cm³/mol. The van der Waals surface area contributed by atoms with E-state index in [4.69, 9.17) is 0 Å². The van der Waals surface area contributed by atoms with Gasteiger partial charge in [-0.25, -0.2) is 14.2 Å². The van der Waals surface area contributed by atoms with E-state index in [2.05, 4.69) is 10.3 Å². The van der Waals surface area contributed by atoms with Gasteiger partial charge in [0.05, 0.1) is 6.20 Å². The Bertz CT molecular complexity index is 467. The number of nitrogens with one attached hydrogen (secondary N) is 1. The van der Waals surface area contributed by atoms with Gasteiger partial charge in [0.25, 0.3) is 5.91 Å². The lowest BCUT2D eigenvalue weighted by Crippen LogP contribution is -2.52. The summed E-state index contributed by atoms with van der Waals surface area (Å²) < 4.78 is 12.7. The second kappa shape index (κ2) is 4.72. The summed E-state index contributed by atoms with van der Waals surface area (Å²) in [5, 5.41) is 11.7. The molecule has 6 heteroatoms. The molecule has 96 valence electrons. The van der Waals surface area contributed by atoms with Gasteiger partial charge in [0, 0.05) is 0 Å². The minimum Gasteiger partial charge on any atom is -0.480 e. The van der Waals surface area contributed by atoms with Gasteiger partial charge in [0.1, 0.15) is 17.1 Å². The Morgan fingerprint density at radius 2 is 2.00 bits per heavy atom. The predicted octanol–water partition coefficient (Wildman–Crippen LogP) is 1.35. The fourth-order valence-electron chi connectivity index (χ4n) is 2.16. The van der Waals surface area contributed by atoms with Gasteiger partial charge in [0.15, 0.2) is 0 Å². The first-order valence-electron chi connectivity index (χ1n) is 5.71. The van der Waals surface area contributed by atoms with E-state index in [1.165, 1.54) is 6.07 Å². The van der Waals surface area contributed by atoms with Crippen molar-refractivity contribution in [2.75, 3.05) is 0 Å². The summed E-state index contributed by atoms with van der Waals surface area (Å²) in [6.45, 7) is 0. The number of carboxylic acids is 1. The second-order valence-electron chi connectivity index (χ2n) is 4.41. The number of hydrogen-bond donors (Lipinski definition) is 2. The smallest absolute Gasteiger partial charge is 0.329 e. The molecule has 0 spiro atoms. The van der Waals surface area contributed by atoms with Gasteiger partial charge >= 0.3 is 5.97 Å². The van der Waals surface area contributed by atoms with Gasteiger partial charge < -0.3 is 10.4 Å². The molecule has 0 aliphatic heterocycles. The van der Waals surface area contributed by atoms with E-state index in [1.807, 2.05) is 0 Å². The van der Waals surface area contributed by atoms with E-state index in [-0.39, 0.29) is 5.69 Å². The van der Waals surface area contributed by atoms with Crippen LogP contribution in [-0.2, 0) is 4.79 Å². The van der Waals surface area contributed by atoms with Gasteiger partial charge in [-0.1, -0.05) is 12.8 Å². The summed E-state index contributed by atoms with van der Waals surface area (Å²) >= 11 is 0. The number of pyridine rings is 1. The van der Waals surface area contributed by atoms with E-state index in [1.54, 1.807) is 0 Å². The molecule has 1 aliphatic rings. The first kappa shape index (κ1) is 12.5. The zero-order chi connectivity index (χ0) is 13.2. The Hall–Kier alpha value is -1.98. The number of nitrogens with zero attached hydrogens (tertiary/aromatic N) is 1. The molecule has 2 N–H and O–H groups in total. The number of hydrogen-bond acceptors (Lipinski definition) is 3. The summed E-state index contributed by atoms with van der Waals surface area (Å²) in [4.78, 5) is 26.7.